The van der Waals surface area contributed by atoms with Crippen LogP contribution in [-0.4, -0.2) is 75.6 Å². The number of nitrogens with one attached hydrogen (secondary N) is 3. The lowest BCUT2D eigenvalue weighted by Crippen LogP contribution is -2.54. The van der Waals surface area contributed by atoms with Gasteiger partial charge in [0, 0.05) is 74.0 Å². The molecule has 1 atom stereocenters. The van der Waals surface area contributed by atoms with Gasteiger partial charge in [-0.3, -0.25) is 19.8 Å². The van der Waals surface area contributed by atoms with Crippen molar-refractivity contribution in [3.63, 3.8) is 0 Å². The molecule has 1 spiro atoms. The van der Waals surface area contributed by atoms with Crippen LogP contribution in [0.2, 0.25) is 0 Å². The van der Waals surface area contributed by atoms with Crippen molar-refractivity contribution in [2.75, 3.05) is 54.9 Å². The molecule has 4 aliphatic rings. The summed E-state index contributed by atoms with van der Waals surface area (Å²) in [4.78, 5) is 29.1. The molecule has 0 aromatic heterocycles. The Labute approximate surface area is 325 Å². The van der Waals surface area contributed by atoms with E-state index in [0.29, 0.717) is 49.2 Å². The smallest absolute Gasteiger partial charge is 0.293 e. The first-order valence-corrected chi connectivity index (χ1v) is 20.6. The molecule has 3 saturated heterocycles. The number of piperidine rings is 1. The van der Waals surface area contributed by atoms with E-state index in [1.807, 2.05) is 12.1 Å². The molecule has 1 aliphatic carbocycles. The first-order chi connectivity index (χ1) is 25.5. The lowest BCUT2D eigenvalue weighted by atomic mass is 9.60. The summed E-state index contributed by atoms with van der Waals surface area (Å²) in [5.41, 5.74) is 4.14. The van der Waals surface area contributed by atoms with Crippen LogP contribution in [0.25, 0.3) is 0 Å². The Morgan fingerprint density at radius 3 is 2.35 bits per heavy atom. The molecule has 3 aliphatic heterocycles. The van der Waals surface area contributed by atoms with E-state index in [1.165, 1.54) is 49.1 Å². The highest BCUT2D eigenvalue weighted by molar-refractivity contribution is 7.90. The predicted molar refractivity (Wildman–Crippen MR) is 214 cm³/mol. The van der Waals surface area contributed by atoms with Gasteiger partial charge in [0.15, 0.2) is 0 Å². The van der Waals surface area contributed by atoms with Gasteiger partial charge in [-0.1, -0.05) is 18.2 Å². The molecule has 3 heterocycles. The van der Waals surface area contributed by atoms with Gasteiger partial charge in [-0.15, -0.1) is 12.4 Å². The summed E-state index contributed by atoms with van der Waals surface area (Å²) in [6, 6.07) is 20.9. The molecule has 1 amide bonds. The second kappa shape index (κ2) is 16.8. The van der Waals surface area contributed by atoms with E-state index in [-0.39, 0.29) is 34.2 Å². The van der Waals surface area contributed by atoms with Crippen LogP contribution in [0.15, 0.2) is 71.6 Å². The van der Waals surface area contributed by atoms with Gasteiger partial charge in [0.2, 0.25) is 0 Å². The molecular formula is C40H53ClN6O6S. The number of benzene rings is 3. The first-order valence-electron chi connectivity index (χ1n) is 19.1. The van der Waals surface area contributed by atoms with Gasteiger partial charge >= 0.3 is 0 Å². The monoisotopic (exact) mass is 780 g/mol. The highest BCUT2D eigenvalue weighted by Crippen LogP contribution is 2.54. The van der Waals surface area contributed by atoms with Crippen LogP contribution in [0.1, 0.15) is 87.2 Å². The fourth-order valence-electron chi connectivity index (χ4n) is 8.86. The van der Waals surface area contributed by atoms with E-state index in [9.17, 15) is 23.3 Å². The summed E-state index contributed by atoms with van der Waals surface area (Å²) in [7, 11) is -4.36. The Morgan fingerprint density at radius 1 is 0.963 bits per heavy atom. The number of rotatable bonds is 12. The number of halogens is 1. The second-order valence-electron chi connectivity index (χ2n) is 15.7. The Kier molecular flexibility index (Phi) is 12.4. The average Bonchev–Trinajstić information content (AvgIpc) is 3.62. The summed E-state index contributed by atoms with van der Waals surface area (Å²) < 4.78 is 33.8. The third-order valence-electron chi connectivity index (χ3n) is 11.8. The molecule has 0 radical (unpaired) electrons. The number of hydrogen-bond acceptors (Lipinski definition) is 10. The minimum absolute atomic E-state index is 0. The number of sulfonamides is 1. The number of nitro benzene ring substituents is 1. The van der Waals surface area contributed by atoms with Gasteiger partial charge in [-0.2, -0.15) is 0 Å². The molecule has 0 unspecified atom stereocenters. The molecule has 292 valence electrons. The largest absolute Gasteiger partial charge is 0.383 e. The molecule has 3 aromatic rings. The van der Waals surface area contributed by atoms with Gasteiger partial charge in [0.05, 0.1) is 9.82 Å². The zero-order valence-corrected chi connectivity index (χ0v) is 32.8. The van der Waals surface area contributed by atoms with Crippen molar-refractivity contribution in [2.24, 2.45) is 11.3 Å². The number of para-hydroxylation sites is 1. The molecular weight excluding hydrogens is 728 g/mol. The van der Waals surface area contributed by atoms with Crippen molar-refractivity contribution in [3.8, 4) is 0 Å². The quantitative estimate of drug-likeness (QED) is 0.126. The number of nitro groups is 1. The molecule has 3 aromatic carbocycles. The molecule has 12 nitrogen and oxygen atoms in total. The Bertz CT molecular complexity index is 1890. The maximum Gasteiger partial charge on any atom is 0.293 e. The van der Waals surface area contributed by atoms with Gasteiger partial charge in [-0.25, -0.2) is 13.1 Å². The third-order valence-corrected chi connectivity index (χ3v) is 13.1. The van der Waals surface area contributed by atoms with Crippen LogP contribution in [0.3, 0.4) is 0 Å². The molecule has 7 rings (SSSR count). The first kappa shape index (κ1) is 39.8. The van der Waals surface area contributed by atoms with Crippen LogP contribution >= 0.6 is 12.4 Å². The summed E-state index contributed by atoms with van der Waals surface area (Å²) in [6.45, 7) is 9.25. The third kappa shape index (κ3) is 8.80. The lowest BCUT2D eigenvalue weighted by molar-refractivity contribution is -0.384. The van der Waals surface area contributed by atoms with Gasteiger partial charge in [0.25, 0.3) is 21.6 Å². The van der Waals surface area contributed by atoms with E-state index in [4.69, 9.17) is 4.74 Å². The number of carbonyl (C=O) groups excluding carboxylic acids is 1. The number of amides is 1. The fourth-order valence-corrected chi connectivity index (χ4v) is 9.85. The van der Waals surface area contributed by atoms with Crippen molar-refractivity contribution in [3.05, 3.63) is 88.0 Å². The number of likely N-dealkylation sites (tertiary alicyclic amines) is 1. The van der Waals surface area contributed by atoms with Crippen molar-refractivity contribution in [1.82, 2.24) is 9.62 Å². The Morgan fingerprint density at radius 2 is 1.67 bits per heavy atom. The predicted octanol–water partition coefficient (Wildman–Crippen LogP) is 7.38. The van der Waals surface area contributed by atoms with E-state index in [1.54, 1.807) is 12.1 Å². The molecule has 4 fully saturated rings. The summed E-state index contributed by atoms with van der Waals surface area (Å²) in [5.74, 6) is -0.476. The van der Waals surface area contributed by atoms with E-state index in [2.05, 4.69) is 63.3 Å². The van der Waals surface area contributed by atoms with Crippen molar-refractivity contribution in [2.45, 2.75) is 88.2 Å². The van der Waals surface area contributed by atoms with E-state index in [0.717, 1.165) is 57.1 Å². The van der Waals surface area contributed by atoms with Crippen LogP contribution in [0.5, 0.6) is 0 Å². The van der Waals surface area contributed by atoms with Crippen molar-refractivity contribution >= 4 is 51.1 Å². The highest BCUT2D eigenvalue weighted by Gasteiger charge is 2.50. The van der Waals surface area contributed by atoms with Gasteiger partial charge < -0.3 is 20.3 Å². The van der Waals surface area contributed by atoms with Crippen LogP contribution in [-0.2, 0) is 14.8 Å². The van der Waals surface area contributed by atoms with Crippen molar-refractivity contribution < 1.29 is 22.9 Å². The number of ether oxygens (including phenoxy) is 1. The van der Waals surface area contributed by atoms with Crippen LogP contribution < -0.4 is 20.3 Å². The molecule has 0 bridgehead atoms. The number of nitrogens with zero attached hydrogens (tertiary/aromatic N) is 3. The van der Waals surface area contributed by atoms with Gasteiger partial charge in [-0.05, 0) is 131 Å². The molecule has 1 saturated carbocycles. The second-order valence-corrected chi connectivity index (χ2v) is 17.4. The molecule has 3 N–H and O–H groups in total. The lowest BCUT2D eigenvalue weighted by Gasteiger charge is -2.56. The normalized spacial score (nSPS) is 20.6. The minimum atomic E-state index is -4.36. The summed E-state index contributed by atoms with van der Waals surface area (Å²) in [5, 5.41) is 18.6. The summed E-state index contributed by atoms with van der Waals surface area (Å²) in [6.07, 6.45) is 8.89. The average molecular weight is 781 g/mol. The standard InChI is InChI=1S/C40H52N6O6S.ClH/c1-28(2)42-35-7-4-3-6-34(35)37-8-5-19-45(37)32-25-40(26-32)17-20-44(21-18-40)31-11-9-30(10-12-31)39(47)43-53(50,51)33-13-14-36(38(24-33)46(48)49)41-27-29-15-22-52-23-16-29;/h3-4,6-7,9-14,24,28-29,32,37,41-42H,5,8,15-23,25-27H2,1-2H3,(H,43,47);1H/t37-;/m0./s1. The molecule has 54 heavy (non-hydrogen) atoms. The zero-order valence-electron chi connectivity index (χ0n) is 31.2. The Balaban J connectivity index is 0.00000497. The maximum atomic E-state index is 13.2. The van der Waals surface area contributed by atoms with Gasteiger partial charge in [0.1, 0.15) is 5.69 Å². The fraction of sp³-hybridized carbons (Fsp3) is 0.525. The van der Waals surface area contributed by atoms with Crippen LogP contribution in [0.4, 0.5) is 22.7 Å². The molecule has 14 heteroatoms. The summed E-state index contributed by atoms with van der Waals surface area (Å²) >= 11 is 0. The SMILES string of the molecule is CC(C)Nc1ccccc1[C@@H]1CCCN1C1CC2(CCN(c3ccc(C(=O)NS(=O)(=O)c4ccc(NCC5CCOCC5)c([N+](=O)[O-])c4)cc3)CC2)C1.Cl. The highest BCUT2D eigenvalue weighted by atomic mass is 35.5. The van der Waals surface area contributed by atoms with Crippen LogP contribution in [0, 0.1) is 21.4 Å². The zero-order chi connectivity index (χ0) is 37.2. The number of carbonyl (C=O) groups is 1. The minimum Gasteiger partial charge on any atom is -0.383 e. The topological polar surface area (TPSA) is 146 Å². The van der Waals surface area contributed by atoms with Crippen molar-refractivity contribution in [1.29, 1.82) is 0 Å². The Hall–Kier alpha value is -3.91. The number of hydrogen-bond donors (Lipinski definition) is 3. The van der Waals surface area contributed by atoms with E-state index >= 15 is 0 Å². The maximum absolute atomic E-state index is 13.2. The number of anilines is 3. The van der Waals surface area contributed by atoms with E-state index < -0.39 is 20.9 Å².